The maximum atomic E-state index is 13.9. The molecule has 2 amide bonds. The van der Waals surface area contributed by atoms with Crippen LogP contribution in [0.15, 0.2) is 77.7 Å². The van der Waals surface area contributed by atoms with Gasteiger partial charge in [-0.2, -0.15) is 0 Å². The van der Waals surface area contributed by atoms with Gasteiger partial charge in [0, 0.05) is 18.1 Å². The second-order valence-electron chi connectivity index (χ2n) is 9.14. The zero-order valence-electron chi connectivity index (χ0n) is 22.6. The summed E-state index contributed by atoms with van der Waals surface area (Å²) in [5.74, 6) is -0.197. The molecule has 0 radical (unpaired) electrons. The van der Waals surface area contributed by atoms with Crippen LogP contribution < -0.4 is 14.4 Å². The molecule has 0 aromatic heterocycles. The first kappa shape index (κ1) is 30.0. The van der Waals surface area contributed by atoms with Crippen molar-refractivity contribution in [2.24, 2.45) is 0 Å². The van der Waals surface area contributed by atoms with Gasteiger partial charge in [-0.25, -0.2) is 8.42 Å². The molecule has 1 unspecified atom stereocenters. The largest absolute Gasteiger partial charge is 0.497 e. The Balaban J connectivity index is 2.00. The number of halogens is 1. The Morgan fingerprint density at radius 3 is 2.15 bits per heavy atom. The maximum Gasteiger partial charge on any atom is 0.264 e. The van der Waals surface area contributed by atoms with Crippen molar-refractivity contribution in [3.63, 3.8) is 0 Å². The molecule has 3 rings (SSSR count). The molecular weight excluding hydrogens is 538 g/mol. The molecule has 1 N–H and O–H groups in total. The van der Waals surface area contributed by atoms with Crippen LogP contribution in [-0.4, -0.2) is 51.4 Å². The highest BCUT2D eigenvalue weighted by atomic mass is 35.5. The third-order valence-electron chi connectivity index (χ3n) is 6.23. The third kappa shape index (κ3) is 7.74. The number of nitrogens with zero attached hydrogens (tertiary/aromatic N) is 2. The van der Waals surface area contributed by atoms with Crippen LogP contribution in [0.3, 0.4) is 0 Å². The smallest absolute Gasteiger partial charge is 0.264 e. The Hall–Kier alpha value is -3.56. The molecule has 0 fully saturated rings. The van der Waals surface area contributed by atoms with Crippen molar-refractivity contribution in [3.8, 4) is 5.75 Å². The second-order valence-corrected chi connectivity index (χ2v) is 11.4. The highest BCUT2D eigenvalue weighted by molar-refractivity contribution is 7.92. The van der Waals surface area contributed by atoms with E-state index in [2.05, 4.69) is 5.32 Å². The van der Waals surface area contributed by atoms with Gasteiger partial charge in [-0.15, -0.1) is 0 Å². The Bertz CT molecular complexity index is 1360. The van der Waals surface area contributed by atoms with Crippen LogP contribution in [0.4, 0.5) is 5.69 Å². The minimum Gasteiger partial charge on any atom is -0.497 e. The topological polar surface area (TPSA) is 96.0 Å². The van der Waals surface area contributed by atoms with E-state index in [-0.39, 0.29) is 23.0 Å². The van der Waals surface area contributed by atoms with Crippen molar-refractivity contribution in [3.05, 3.63) is 88.9 Å². The first-order valence-electron chi connectivity index (χ1n) is 12.6. The Kier molecular flexibility index (Phi) is 10.4. The van der Waals surface area contributed by atoms with Crippen molar-refractivity contribution in [2.45, 2.75) is 44.7 Å². The van der Waals surface area contributed by atoms with Gasteiger partial charge in [0.15, 0.2) is 0 Å². The lowest BCUT2D eigenvalue weighted by Crippen LogP contribution is -2.51. The summed E-state index contributed by atoms with van der Waals surface area (Å²) >= 11 is 6.05. The van der Waals surface area contributed by atoms with Crippen LogP contribution >= 0.6 is 11.6 Å². The van der Waals surface area contributed by atoms with Gasteiger partial charge in [-0.05, 0) is 74.4 Å². The fourth-order valence-corrected chi connectivity index (χ4v) is 5.42. The van der Waals surface area contributed by atoms with E-state index < -0.39 is 28.5 Å². The molecule has 1 atom stereocenters. The summed E-state index contributed by atoms with van der Waals surface area (Å²) in [6.07, 6.45) is 0.740. The van der Waals surface area contributed by atoms with Gasteiger partial charge in [0.1, 0.15) is 18.3 Å². The lowest BCUT2D eigenvalue weighted by Gasteiger charge is -2.32. The lowest BCUT2D eigenvalue weighted by molar-refractivity contribution is -0.139. The number of nitrogens with one attached hydrogen (secondary N) is 1. The number of amides is 2. The normalized spacial score (nSPS) is 11.9. The molecular formula is C29H34ClN3O5S. The number of aryl methyl sites for hydroxylation is 1. The summed E-state index contributed by atoms with van der Waals surface area (Å²) in [6, 6.07) is 18.9. The lowest BCUT2D eigenvalue weighted by atomic mass is 10.1. The molecule has 39 heavy (non-hydrogen) atoms. The molecule has 10 heteroatoms. The van der Waals surface area contributed by atoms with Gasteiger partial charge in [-0.1, -0.05) is 48.4 Å². The van der Waals surface area contributed by atoms with E-state index in [1.807, 2.05) is 13.8 Å². The van der Waals surface area contributed by atoms with Crippen LogP contribution in [0, 0.1) is 6.92 Å². The maximum absolute atomic E-state index is 13.9. The summed E-state index contributed by atoms with van der Waals surface area (Å²) in [4.78, 5) is 28.2. The van der Waals surface area contributed by atoms with Crippen LogP contribution in [-0.2, 0) is 26.2 Å². The number of hydrogen-bond donors (Lipinski definition) is 1. The average Bonchev–Trinajstić information content (AvgIpc) is 2.93. The number of benzene rings is 3. The summed E-state index contributed by atoms with van der Waals surface area (Å²) in [7, 11) is -2.57. The van der Waals surface area contributed by atoms with E-state index in [9.17, 15) is 18.0 Å². The van der Waals surface area contributed by atoms with E-state index in [1.54, 1.807) is 74.7 Å². The standard InChI is InChI=1S/C29H34ClN3O5S/c1-5-18-31-29(35)22(3)32(19-23-8-14-26(38-4)15-9-23)28(34)20-33(25-12-10-24(30)11-13-25)39(36,37)27-16-6-21(2)7-17-27/h6-17,22H,5,18-20H2,1-4H3,(H,31,35). The molecule has 0 saturated heterocycles. The first-order chi connectivity index (χ1) is 18.6. The summed E-state index contributed by atoms with van der Waals surface area (Å²) in [5.41, 5.74) is 1.94. The van der Waals surface area contributed by atoms with Gasteiger partial charge >= 0.3 is 0 Å². The van der Waals surface area contributed by atoms with Gasteiger partial charge in [0.05, 0.1) is 17.7 Å². The molecule has 8 nitrogen and oxygen atoms in total. The Labute approximate surface area is 235 Å². The monoisotopic (exact) mass is 571 g/mol. The number of carbonyl (C=O) groups is 2. The molecule has 3 aromatic carbocycles. The summed E-state index contributed by atoms with van der Waals surface area (Å²) < 4.78 is 33.9. The average molecular weight is 572 g/mol. The summed E-state index contributed by atoms with van der Waals surface area (Å²) in [6.45, 7) is 5.48. The van der Waals surface area contributed by atoms with E-state index in [0.717, 1.165) is 21.9 Å². The second kappa shape index (κ2) is 13.5. The molecule has 0 heterocycles. The van der Waals surface area contributed by atoms with Gasteiger partial charge in [-0.3, -0.25) is 13.9 Å². The number of methoxy groups -OCH3 is 1. The van der Waals surface area contributed by atoms with E-state index in [4.69, 9.17) is 16.3 Å². The van der Waals surface area contributed by atoms with E-state index >= 15 is 0 Å². The number of ether oxygens (including phenoxy) is 1. The third-order valence-corrected chi connectivity index (χ3v) is 8.27. The predicted octanol–water partition coefficient (Wildman–Crippen LogP) is 4.80. The minimum absolute atomic E-state index is 0.0475. The van der Waals surface area contributed by atoms with Crippen LogP contribution in [0.2, 0.25) is 5.02 Å². The van der Waals surface area contributed by atoms with E-state index in [1.165, 1.54) is 17.0 Å². The number of hydrogen-bond acceptors (Lipinski definition) is 5. The van der Waals surface area contributed by atoms with Crippen molar-refractivity contribution in [2.75, 3.05) is 24.5 Å². The molecule has 208 valence electrons. The van der Waals surface area contributed by atoms with Crippen molar-refractivity contribution < 1.29 is 22.7 Å². The van der Waals surface area contributed by atoms with Crippen LogP contribution in [0.1, 0.15) is 31.4 Å². The molecule has 0 aliphatic carbocycles. The Morgan fingerprint density at radius 2 is 1.59 bits per heavy atom. The first-order valence-corrected chi connectivity index (χ1v) is 14.4. The highest BCUT2D eigenvalue weighted by Gasteiger charge is 2.32. The fraction of sp³-hybridized carbons (Fsp3) is 0.310. The number of anilines is 1. The minimum atomic E-state index is -4.13. The number of rotatable bonds is 12. The molecule has 0 saturated carbocycles. The van der Waals surface area contributed by atoms with Crippen molar-refractivity contribution in [1.82, 2.24) is 10.2 Å². The van der Waals surface area contributed by atoms with Gasteiger partial charge in [0.2, 0.25) is 11.8 Å². The highest BCUT2D eigenvalue weighted by Crippen LogP contribution is 2.26. The molecule has 0 aliphatic rings. The van der Waals surface area contributed by atoms with Gasteiger partial charge < -0.3 is 15.0 Å². The molecule has 0 aliphatic heterocycles. The number of sulfonamides is 1. The molecule has 0 bridgehead atoms. The van der Waals surface area contributed by atoms with Crippen molar-refractivity contribution >= 4 is 39.1 Å². The van der Waals surface area contributed by atoms with Gasteiger partial charge in [0.25, 0.3) is 10.0 Å². The fourth-order valence-electron chi connectivity index (χ4n) is 3.88. The van der Waals surface area contributed by atoms with Crippen molar-refractivity contribution in [1.29, 1.82) is 0 Å². The van der Waals surface area contributed by atoms with Crippen LogP contribution in [0.5, 0.6) is 5.75 Å². The SMILES string of the molecule is CCCNC(=O)C(C)N(Cc1ccc(OC)cc1)C(=O)CN(c1ccc(Cl)cc1)S(=O)(=O)c1ccc(C)cc1. The Morgan fingerprint density at radius 1 is 0.974 bits per heavy atom. The van der Waals surface area contributed by atoms with Crippen LogP contribution in [0.25, 0.3) is 0 Å². The predicted molar refractivity (Wildman–Crippen MR) is 153 cm³/mol. The zero-order chi connectivity index (χ0) is 28.6. The quantitative estimate of drug-likeness (QED) is 0.337. The van der Waals surface area contributed by atoms with E-state index in [0.29, 0.717) is 17.3 Å². The molecule has 0 spiro atoms. The zero-order valence-corrected chi connectivity index (χ0v) is 24.1. The molecule has 3 aromatic rings. The summed E-state index contributed by atoms with van der Waals surface area (Å²) in [5, 5.41) is 3.26. The number of carbonyl (C=O) groups excluding carboxylic acids is 2.